The van der Waals surface area contributed by atoms with Gasteiger partial charge in [0.25, 0.3) is 5.91 Å². The van der Waals surface area contributed by atoms with E-state index in [0.29, 0.717) is 18.8 Å². The molecule has 0 aromatic carbocycles. The molecule has 1 saturated heterocycles. The Bertz CT molecular complexity index is 459. The van der Waals surface area contributed by atoms with Gasteiger partial charge >= 0.3 is 0 Å². The van der Waals surface area contributed by atoms with Gasteiger partial charge in [0.1, 0.15) is 10.0 Å². The van der Waals surface area contributed by atoms with Gasteiger partial charge in [-0.1, -0.05) is 11.8 Å². The maximum atomic E-state index is 12.7. The zero-order valence-corrected chi connectivity index (χ0v) is 14.5. The lowest BCUT2D eigenvalue weighted by molar-refractivity contribution is 0.0508. The van der Waals surface area contributed by atoms with Gasteiger partial charge in [0, 0.05) is 31.6 Å². The van der Waals surface area contributed by atoms with Crippen LogP contribution in [0.1, 0.15) is 23.3 Å². The van der Waals surface area contributed by atoms with Crippen LogP contribution in [0.3, 0.4) is 0 Å². The smallest absolute Gasteiger partial charge is 0.273 e. The summed E-state index contributed by atoms with van der Waals surface area (Å²) >= 11 is 3.10. The lowest BCUT2D eigenvalue weighted by atomic mass is 10.2. The van der Waals surface area contributed by atoms with E-state index < -0.39 is 0 Å². The number of rotatable bonds is 7. The summed E-state index contributed by atoms with van der Waals surface area (Å²) in [5.41, 5.74) is 0.557. The predicted octanol–water partition coefficient (Wildman–Crippen LogP) is 2.05. The summed E-state index contributed by atoms with van der Waals surface area (Å²) in [6.45, 7) is 3.03. The zero-order chi connectivity index (χ0) is 15.2. The van der Waals surface area contributed by atoms with Crippen molar-refractivity contribution in [3.8, 4) is 0 Å². The highest BCUT2D eigenvalue weighted by atomic mass is 32.2. The number of hydrogen-bond acceptors (Lipinski definition) is 6. The van der Waals surface area contributed by atoms with E-state index in [4.69, 9.17) is 4.74 Å². The van der Waals surface area contributed by atoms with Crippen molar-refractivity contribution in [1.82, 2.24) is 14.8 Å². The SMILES string of the molecule is CSc1nc(C(=O)N(CCN(C)C)CC2CCCO2)cs1. The van der Waals surface area contributed by atoms with Crippen LogP contribution in [-0.2, 0) is 4.74 Å². The molecule has 0 saturated carbocycles. The quantitative estimate of drug-likeness (QED) is 0.717. The fourth-order valence-corrected chi connectivity index (χ4v) is 3.48. The molecule has 1 atom stereocenters. The number of hydrogen-bond donors (Lipinski definition) is 0. The van der Waals surface area contributed by atoms with Crippen LogP contribution in [0.15, 0.2) is 9.72 Å². The van der Waals surface area contributed by atoms with Gasteiger partial charge in [-0.05, 0) is 33.2 Å². The zero-order valence-electron chi connectivity index (χ0n) is 12.9. The van der Waals surface area contributed by atoms with E-state index in [0.717, 1.165) is 30.3 Å². The molecule has 1 amide bonds. The van der Waals surface area contributed by atoms with Crippen LogP contribution in [0.4, 0.5) is 0 Å². The van der Waals surface area contributed by atoms with E-state index in [-0.39, 0.29) is 12.0 Å². The molecule has 1 aliphatic rings. The van der Waals surface area contributed by atoms with Gasteiger partial charge < -0.3 is 14.5 Å². The van der Waals surface area contributed by atoms with E-state index in [1.807, 2.05) is 30.6 Å². The van der Waals surface area contributed by atoms with Gasteiger partial charge in [-0.3, -0.25) is 4.79 Å². The normalized spacial score (nSPS) is 18.4. The average molecular weight is 329 g/mol. The Labute approximate surface area is 134 Å². The summed E-state index contributed by atoms with van der Waals surface area (Å²) in [4.78, 5) is 21.0. The van der Waals surface area contributed by atoms with Crippen LogP contribution < -0.4 is 0 Å². The van der Waals surface area contributed by atoms with Crippen LogP contribution in [0, 0.1) is 0 Å². The Kier molecular flexibility index (Phi) is 6.47. The van der Waals surface area contributed by atoms with Gasteiger partial charge in [-0.2, -0.15) is 0 Å². The Morgan fingerprint density at radius 2 is 2.33 bits per heavy atom. The minimum Gasteiger partial charge on any atom is -0.376 e. The Morgan fingerprint density at radius 3 is 2.90 bits per heavy atom. The molecule has 5 nitrogen and oxygen atoms in total. The molecule has 0 bridgehead atoms. The maximum absolute atomic E-state index is 12.7. The lowest BCUT2D eigenvalue weighted by Gasteiger charge is -2.26. The molecule has 0 radical (unpaired) electrons. The minimum absolute atomic E-state index is 0.0175. The minimum atomic E-state index is 0.0175. The van der Waals surface area contributed by atoms with Gasteiger partial charge in [-0.25, -0.2) is 4.98 Å². The molecule has 2 rings (SSSR count). The van der Waals surface area contributed by atoms with Crippen LogP contribution in [0.2, 0.25) is 0 Å². The molecule has 1 fully saturated rings. The second kappa shape index (κ2) is 8.12. The van der Waals surface area contributed by atoms with Gasteiger partial charge in [-0.15, -0.1) is 11.3 Å². The third kappa shape index (κ3) is 4.95. The Morgan fingerprint density at radius 1 is 1.52 bits per heavy atom. The van der Waals surface area contributed by atoms with Crippen molar-refractivity contribution in [2.75, 3.05) is 46.6 Å². The summed E-state index contributed by atoms with van der Waals surface area (Å²) in [7, 11) is 4.03. The van der Waals surface area contributed by atoms with E-state index in [1.165, 1.54) is 11.3 Å². The summed E-state index contributed by atoms with van der Waals surface area (Å²) < 4.78 is 6.61. The van der Waals surface area contributed by atoms with Crippen molar-refractivity contribution in [1.29, 1.82) is 0 Å². The monoisotopic (exact) mass is 329 g/mol. The van der Waals surface area contributed by atoms with Crippen LogP contribution in [0.25, 0.3) is 0 Å². The number of nitrogens with zero attached hydrogens (tertiary/aromatic N) is 3. The maximum Gasteiger partial charge on any atom is 0.273 e. The van der Waals surface area contributed by atoms with E-state index >= 15 is 0 Å². The van der Waals surface area contributed by atoms with Gasteiger partial charge in [0.2, 0.25) is 0 Å². The van der Waals surface area contributed by atoms with Crippen molar-refractivity contribution in [3.63, 3.8) is 0 Å². The molecule has 1 unspecified atom stereocenters. The first-order valence-corrected chi connectivity index (χ1v) is 9.25. The lowest BCUT2D eigenvalue weighted by Crippen LogP contribution is -2.41. The van der Waals surface area contributed by atoms with E-state index in [1.54, 1.807) is 11.8 Å². The fraction of sp³-hybridized carbons (Fsp3) is 0.714. The van der Waals surface area contributed by atoms with Gasteiger partial charge in [0.15, 0.2) is 0 Å². The largest absolute Gasteiger partial charge is 0.376 e. The molecule has 1 aromatic rings. The number of ether oxygens (including phenoxy) is 1. The highest BCUT2D eigenvalue weighted by Crippen LogP contribution is 2.21. The molecular formula is C14H23N3O2S2. The van der Waals surface area contributed by atoms with Gasteiger partial charge in [0.05, 0.1) is 6.10 Å². The number of carbonyl (C=O) groups is 1. The second-order valence-corrected chi connectivity index (χ2v) is 7.30. The second-order valence-electron chi connectivity index (χ2n) is 5.39. The number of thioether (sulfide) groups is 1. The molecule has 21 heavy (non-hydrogen) atoms. The highest BCUT2D eigenvalue weighted by molar-refractivity contribution is 8.00. The predicted molar refractivity (Wildman–Crippen MR) is 87.3 cm³/mol. The van der Waals surface area contributed by atoms with E-state index in [9.17, 15) is 4.79 Å². The van der Waals surface area contributed by atoms with Crippen molar-refractivity contribution in [3.05, 3.63) is 11.1 Å². The number of carbonyl (C=O) groups excluding carboxylic acids is 1. The molecule has 0 aliphatic carbocycles. The van der Waals surface area contributed by atoms with Crippen LogP contribution in [-0.4, -0.2) is 73.4 Å². The third-order valence-electron chi connectivity index (χ3n) is 3.43. The number of thiazole rings is 1. The summed E-state index contributed by atoms with van der Waals surface area (Å²) in [5, 5.41) is 1.85. The Hall–Kier alpha value is -0.630. The Balaban J connectivity index is 2.02. The molecule has 118 valence electrons. The van der Waals surface area contributed by atoms with Crippen LogP contribution >= 0.6 is 23.1 Å². The standard InChI is InChI=1S/C14H23N3O2S2/c1-16(2)6-7-17(9-11-5-4-8-19-11)13(18)12-10-21-14(15-12)20-3/h10-11H,4-9H2,1-3H3. The first-order valence-electron chi connectivity index (χ1n) is 7.15. The number of likely N-dealkylation sites (N-methyl/N-ethyl adjacent to an activating group) is 1. The molecule has 0 N–H and O–H groups in total. The highest BCUT2D eigenvalue weighted by Gasteiger charge is 2.24. The molecule has 1 aromatic heterocycles. The summed E-state index contributed by atoms with van der Waals surface area (Å²) in [6.07, 6.45) is 4.28. The number of amides is 1. The summed E-state index contributed by atoms with van der Waals surface area (Å²) in [6, 6.07) is 0. The van der Waals surface area contributed by atoms with Crippen LogP contribution in [0.5, 0.6) is 0 Å². The third-order valence-corrected chi connectivity index (χ3v) is 5.29. The summed E-state index contributed by atoms with van der Waals surface area (Å²) in [5.74, 6) is 0.0175. The topological polar surface area (TPSA) is 45.7 Å². The first kappa shape index (κ1) is 16.7. The fourth-order valence-electron chi connectivity index (χ4n) is 2.24. The van der Waals surface area contributed by atoms with Crippen molar-refractivity contribution >= 4 is 29.0 Å². The molecule has 2 heterocycles. The average Bonchev–Trinajstić information content (AvgIpc) is 3.13. The molecular weight excluding hydrogens is 306 g/mol. The molecule has 7 heteroatoms. The van der Waals surface area contributed by atoms with E-state index in [2.05, 4.69) is 9.88 Å². The molecule has 1 aliphatic heterocycles. The van der Waals surface area contributed by atoms with Crippen molar-refractivity contribution in [2.24, 2.45) is 0 Å². The van der Waals surface area contributed by atoms with Crippen molar-refractivity contribution in [2.45, 2.75) is 23.3 Å². The van der Waals surface area contributed by atoms with Crippen molar-refractivity contribution < 1.29 is 9.53 Å². The number of aromatic nitrogens is 1. The molecule has 0 spiro atoms. The first-order chi connectivity index (χ1) is 10.1.